The van der Waals surface area contributed by atoms with E-state index in [1.54, 1.807) is 13.8 Å². The molecule has 0 saturated carbocycles. The van der Waals surface area contributed by atoms with E-state index in [2.05, 4.69) is 0 Å². The number of hydrogen-bond acceptors (Lipinski definition) is 3. The summed E-state index contributed by atoms with van der Waals surface area (Å²) in [6.45, 7) is 3.51. The van der Waals surface area contributed by atoms with Gasteiger partial charge in [-0.25, -0.2) is 4.79 Å². The zero-order valence-electron chi connectivity index (χ0n) is 7.95. The molecule has 1 N–H and O–H groups in total. The maximum atomic E-state index is 11.4. The molecule has 0 aromatic heterocycles. The smallest absolute Gasteiger partial charge is 0.339 e. The first kappa shape index (κ1) is 10.9. The van der Waals surface area contributed by atoms with Gasteiger partial charge in [-0.05, 0) is 32.0 Å². The van der Waals surface area contributed by atoms with Crippen molar-refractivity contribution in [2.24, 2.45) is 0 Å². The molecule has 0 unspecified atom stereocenters. The second kappa shape index (κ2) is 4.33. The summed E-state index contributed by atoms with van der Waals surface area (Å²) in [5, 5.41) is 9.26. The summed E-state index contributed by atoms with van der Waals surface area (Å²) in [5.74, 6) is -0.457. The molecule has 3 nitrogen and oxygen atoms in total. The Balaban J connectivity index is 2.90. The highest BCUT2D eigenvalue weighted by Gasteiger charge is 2.13. The van der Waals surface area contributed by atoms with Gasteiger partial charge in [0.2, 0.25) is 0 Å². The van der Waals surface area contributed by atoms with Gasteiger partial charge in [-0.3, -0.25) is 0 Å². The molecule has 4 heteroatoms. The average molecular weight is 215 g/mol. The molecule has 0 spiro atoms. The summed E-state index contributed by atoms with van der Waals surface area (Å²) in [6.07, 6.45) is -0.188. The van der Waals surface area contributed by atoms with Crippen molar-refractivity contribution in [3.63, 3.8) is 0 Å². The fourth-order valence-electron chi connectivity index (χ4n) is 0.947. The largest absolute Gasteiger partial charge is 0.508 e. The summed E-state index contributed by atoms with van der Waals surface area (Å²) in [7, 11) is 0. The quantitative estimate of drug-likeness (QED) is 0.770. The van der Waals surface area contributed by atoms with Crippen molar-refractivity contribution >= 4 is 17.6 Å². The van der Waals surface area contributed by atoms with Crippen molar-refractivity contribution < 1.29 is 14.6 Å². The molecule has 1 rings (SSSR count). The lowest BCUT2D eigenvalue weighted by Gasteiger charge is -2.08. The Labute approximate surface area is 87.3 Å². The number of halogens is 1. The van der Waals surface area contributed by atoms with Gasteiger partial charge in [0.15, 0.2) is 0 Å². The van der Waals surface area contributed by atoms with Crippen molar-refractivity contribution in [1.29, 1.82) is 0 Å². The molecule has 0 radical (unpaired) electrons. The number of benzene rings is 1. The van der Waals surface area contributed by atoms with Crippen LogP contribution >= 0.6 is 11.6 Å². The van der Waals surface area contributed by atoms with E-state index in [9.17, 15) is 4.79 Å². The number of aromatic hydroxyl groups is 1. The molecule has 1 aromatic rings. The fourth-order valence-corrected chi connectivity index (χ4v) is 1.20. The van der Waals surface area contributed by atoms with E-state index in [0.717, 1.165) is 0 Å². The van der Waals surface area contributed by atoms with Gasteiger partial charge in [0.1, 0.15) is 5.75 Å². The van der Waals surface area contributed by atoms with Gasteiger partial charge in [0.25, 0.3) is 0 Å². The minimum absolute atomic E-state index is 0.0242. The predicted octanol–water partition coefficient (Wildman–Crippen LogP) is 2.61. The molecule has 0 heterocycles. The molecule has 1 aromatic carbocycles. The molecule has 0 amide bonds. The van der Waals surface area contributed by atoms with Crippen molar-refractivity contribution in [3.05, 3.63) is 28.8 Å². The molecule has 0 fully saturated rings. The highest BCUT2D eigenvalue weighted by atomic mass is 35.5. The maximum Gasteiger partial charge on any atom is 0.339 e. The summed E-state index contributed by atoms with van der Waals surface area (Å²) in [4.78, 5) is 11.4. The Kier molecular flexibility index (Phi) is 3.36. The van der Waals surface area contributed by atoms with Gasteiger partial charge in [0.05, 0.1) is 16.7 Å². The van der Waals surface area contributed by atoms with E-state index in [0.29, 0.717) is 0 Å². The Bertz CT molecular complexity index is 347. The Morgan fingerprint density at radius 1 is 1.50 bits per heavy atom. The topological polar surface area (TPSA) is 46.5 Å². The van der Waals surface area contributed by atoms with Crippen molar-refractivity contribution in [3.8, 4) is 5.75 Å². The SMILES string of the molecule is CC(C)OC(=O)c1ccc(O)cc1Cl. The lowest BCUT2D eigenvalue weighted by atomic mass is 10.2. The molecule has 0 aliphatic rings. The molecule has 0 aliphatic carbocycles. The zero-order chi connectivity index (χ0) is 10.7. The lowest BCUT2D eigenvalue weighted by Crippen LogP contribution is -2.11. The number of carbonyl (C=O) groups is 1. The van der Waals surface area contributed by atoms with Crippen LogP contribution in [0, 0.1) is 0 Å². The fraction of sp³-hybridized carbons (Fsp3) is 0.300. The van der Waals surface area contributed by atoms with Crippen LogP contribution < -0.4 is 0 Å². The molecule has 76 valence electrons. The average Bonchev–Trinajstić information content (AvgIpc) is 2.01. The molecule has 14 heavy (non-hydrogen) atoms. The number of ether oxygens (including phenoxy) is 1. The Morgan fingerprint density at radius 2 is 2.14 bits per heavy atom. The van der Waals surface area contributed by atoms with Crippen LogP contribution in [-0.2, 0) is 4.74 Å². The highest BCUT2D eigenvalue weighted by Crippen LogP contribution is 2.22. The minimum Gasteiger partial charge on any atom is -0.508 e. The van der Waals surface area contributed by atoms with Crippen LogP contribution in [0.1, 0.15) is 24.2 Å². The minimum atomic E-state index is -0.481. The third-order valence-corrected chi connectivity index (χ3v) is 1.83. The van der Waals surface area contributed by atoms with E-state index in [1.165, 1.54) is 18.2 Å². The van der Waals surface area contributed by atoms with Crippen LogP contribution in [0.5, 0.6) is 5.75 Å². The zero-order valence-corrected chi connectivity index (χ0v) is 8.71. The number of phenols is 1. The van der Waals surface area contributed by atoms with Crippen LogP contribution in [0.25, 0.3) is 0 Å². The number of hydrogen-bond donors (Lipinski definition) is 1. The molecule has 0 saturated heterocycles. The normalized spacial score (nSPS) is 10.3. The first-order valence-electron chi connectivity index (χ1n) is 4.20. The molecule has 0 bridgehead atoms. The summed E-state index contributed by atoms with van der Waals surface area (Å²) in [6, 6.07) is 4.13. The number of esters is 1. The first-order valence-corrected chi connectivity index (χ1v) is 4.58. The summed E-state index contributed by atoms with van der Waals surface area (Å²) in [5.41, 5.74) is 0.262. The second-order valence-electron chi connectivity index (χ2n) is 3.12. The second-order valence-corrected chi connectivity index (χ2v) is 3.53. The number of phenolic OH excluding ortho intramolecular Hbond substituents is 1. The third-order valence-electron chi connectivity index (χ3n) is 1.52. The van der Waals surface area contributed by atoms with Crippen molar-refractivity contribution in [2.75, 3.05) is 0 Å². The number of carbonyl (C=O) groups excluding carboxylic acids is 1. The van der Waals surface area contributed by atoms with Gasteiger partial charge in [-0.1, -0.05) is 11.6 Å². The molecule has 0 atom stereocenters. The van der Waals surface area contributed by atoms with E-state index in [1.807, 2.05) is 0 Å². The summed E-state index contributed by atoms with van der Waals surface area (Å²) < 4.78 is 4.95. The van der Waals surface area contributed by atoms with Crippen LogP contribution in [0.15, 0.2) is 18.2 Å². The first-order chi connectivity index (χ1) is 6.50. The molecular formula is C10H11ClO3. The van der Waals surface area contributed by atoms with E-state index in [4.69, 9.17) is 21.4 Å². The number of rotatable bonds is 2. The van der Waals surface area contributed by atoms with Crippen LogP contribution in [0.4, 0.5) is 0 Å². The maximum absolute atomic E-state index is 11.4. The van der Waals surface area contributed by atoms with E-state index < -0.39 is 5.97 Å². The van der Waals surface area contributed by atoms with Crippen molar-refractivity contribution in [1.82, 2.24) is 0 Å². The summed E-state index contributed by atoms with van der Waals surface area (Å²) >= 11 is 5.75. The third kappa shape index (κ3) is 2.64. The van der Waals surface area contributed by atoms with Crippen LogP contribution in [0.2, 0.25) is 5.02 Å². The Morgan fingerprint density at radius 3 is 2.64 bits per heavy atom. The van der Waals surface area contributed by atoms with E-state index >= 15 is 0 Å². The van der Waals surface area contributed by atoms with Crippen molar-refractivity contribution in [2.45, 2.75) is 20.0 Å². The molecule has 0 aliphatic heterocycles. The van der Waals surface area contributed by atoms with E-state index in [-0.39, 0.29) is 22.4 Å². The van der Waals surface area contributed by atoms with Gasteiger partial charge < -0.3 is 9.84 Å². The van der Waals surface area contributed by atoms with Gasteiger partial charge in [-0.15, -0.1) is 0 Å². The van der Waals surface area contributed by atoms with Gasteiger partial charge in [-0.2, -0.15) is 0 Å². The highest BCUT2D eigenvalue weighted by molar-refractivity contribution is 6.33. The Hall–Kier alpha value is -1.22. The van der Waals surface area contributed by atoms with Crippen LogP contribution in [-0.4, -0.2) is 17.2 Å². The van der Waals surface area contributed by atoms with Gasteiger partial charge >= 0.3 is 5.97 Å². The predicted molar refractivity (Wildman–Crippen MR) is 53.7 cm³/mol. The standard InChI is InChI=1S/C10H11ClO3/c1-6(2)14-10(13)8-4-3-7(12)5-9(8)11/h3-6,12H,1-2H3. The lowest BCUT2D eigenvalue weighted by molar-refractivity contribution is 0.0378. The van der Waals surface area contributed by atoms with Crippen LogP contribution in [0.3, 0.4) is 0 Å². The van der Waals surface area contributed by atoms with Gasteiger partial charge in [0, 0.05) is 0 Å². The monoisotopic (exact) mass is 214 g/mol. The molecular weight excluding hydrogens is 204 g/mol.